The van der Waals surface area contributed by atoms with Gasteiger partial charge in [-0.25, -0.2) is 4.79 Å². The Kier molecular flexibility index (Phi) is 5.14. The van der Waals surface area contributed by atoms with E-state index < -0.39 is 11.4 Å². The topological polar surface area (TPSA) is 64.6 Å². The molecule has 130 valence electrons. The Balaban J connectivity index is 1.83. The van der Waals surface area contributed by atoms with E-state index in [9.17, 15) is 9.59 Å². The van der Waals surface area contributed by atoms with Gasteiger partial charge in [-0.05, 0) is 42.7 Å². The third-order valence-corrected chi connectivity index (χ3v) is 4.67. The highest BCUT2D eigenvalue weighted by Crippen LogP contribution is 2.36. The molecule has 1 N–H and O–H groups in total. The van der Waals surface area contributed by atoms with Crippen molar-refractivity contribution >= 4 is 17.6 Å². The summed E-state index contributed by atoms with van der Waals surface area (Å²) < 4.78 is 10.2. The maximum absolute atomic E-state index is 13.1. The number of amides is 1. The Morgan fingerprint density at radius 3 is 2.24 bits per heavy atom. The van der Waals surface area contributed by atoms with Crippen molar-refractivity contribution in [2.24, 2.45) is 0 Å². The summed E-state index contributed by atoms with van der Waals surface area (Å²) in [5.74, 6) is -0.448. The van der Waals surface area contributed by atoms with Gasteiger partial charge in [0.05, 0.1) is 18.1 Å². The molecule has 25 heavy (non-hydrogen) atoms. The Labute approximate surface area is 147 Å². The number of ether oxygens (including phenoxy) is 2. The van der Waals surface area contributed by atoms with Gasteiger partial charge in [0.2, 0.25) is 5.91 Å². The fourth-order valence-electron chi connectivity index (χ4n) is 3.18. The highest BCUT2D eigenvalue weighted by Gasteiger charge is 2.41. The number of hydrogen-bond donors (Lipinski definition) is 1. The van der Waals surface area contributed by atoms with Gasteiger partial charge < -0.3 is 14.8 Å². The summed E-state index contributed by atoms with van der Waals surface area (Å²) in [5, 5.41) is 2.99. The van der Waals surface area contributed by atoms with E-state index in [0.29, 0.717) is 37.3 Å². The van der Waals surface area contributed by atoms with E-state index in [1.54, 1.807) is 24.3 Å². The van der Waals surface area contributed by atoms with E-state index in [0.717, 1.165) is 5.56 Å². The van der Waals surface area contributed by atoms with Gasteiger partial charge in [0.25, 0.3) is 0 Å². The molecule has 1 aliphatic heterocycles. The number of benzene rings is 2. The monoisotopic (exact) mass is 339 g/mol. The third-order valence-electron chi connectivity index (χ3n) is 4.67. The standard InChI is InChI=1S/C20H21NO4/c1-24-18(22)15-7-9-17(10-8-15)21-19(23)20(11-13-25-14-12-20)16-5-3-2-4-6-16/h2-10H,11-14H2,1H3,(H,21,23). The van der Waals surface area contributed by atoms with Crippen LogP contribution in [-0.2, 0) is 19.7 Å². The molecule has 0 bridgehead atoms. The highest BCUT2D eigenvalue weighted by atomic mass is 16.5. The van der Waals surface area contributed by atoms with Crippen LogP contribution in [0.2, 0.25) is 0 Å². The largest absolute Gasteiger partial charge is 0.465 e. The van der Waals surface area contributed by atoms with Gasteiger partial charge >= 0.3 is 5.97 Å². The minimum absolute atomic E-state index is 0.0483. The molecular formula is C20H21NO4. The molecule has 5 heteroatoms. The maximum atomic E-state index is 13.1. The van der Waals surface area contributed by atoms with E-state index >= 15 is 0 Å². The first kappa shape index (κ1) is 17.2. The Morgan fingerprint density at radius 2 is 1.64 bits per heavy atom. The fraction of sp³-hybridized carbons (Fsp3) is 0.300. The Hall–Kier alpha value is -2.66. The van der Waals surface area contributed by atoms with Crippen LogP contribution in [-0.4, -0.2) is 32.2 Å². The molecule has 2 aromatic carbocycles. The van der Waals surface area contributed by atoms with Crippen LogP contribution in [0.3, 0.4) is 0 Å². The van der Waals surface area contributed by atoms with Crippen molar-refractivity contribution in [3.63, 3.8) is 0 Å². The first-order chi connectivity index (χ1) is 12.2. The number of carbonyl (C=O) groups is 2. The van der Waals surface area contributed by atoms with Crippen molar-refractivity contribution in [1.29, 1.82) is 0 Å². The summed E-state index contributed by atoms with van der Waals surface area (Å²) in [4.78, 5) is 24.6. The predicted octanol–water partition coefficient (Wildman–Crippen LogP) is 3.16. The average molecular weight is 339 g/mol. The van der Waals surface area contributed by atoms with Crippen LogP contribution in [0.4, 0.5) is 5.69 Å². The quantitative estimate of drug-likeness (QED) is 0.869. The number of rotatable bonds is 4. The van der Waals surface area contributed by atoms with Gasteiger partial charge in [0.15, 0.2) is 0 Å². The fourth-order valence-corrected chi connectivity index (χ4v) is 3.18. The number of hydrogen-bond acceptors (Lipinski definition) is 4. The van der Waals surface area contributed by atoms with Crippen LogP contribution in [0.25, 0.3) is 0 Å². The minimum Gasteiger partial charge on any atom is -0.465 e. The first-order valence-corrected chi connectivity index (χ1v) is 8.29. The molecule has 1 amide bonds. The van der Waals surface area contributed by atoms with Gasteiger partial charge in [-0.15, -0.1) is 0 Å². The zero-order chi connectivity index (χ0) is 17.7. The number of methoxy groups -OCH3 is 1. The normalized spacial score (nSPS) is 16.0. The van der Waals surface area contributed by atoms with Crippen molar-refractivity contribution in [1.82, 2.24) is 0 Å². The number of nitrogens with one attached hydrogen (secondary N) is 1. The van der Waals surface area contributed by atoms with Crippen LogP contribution in [0.1, 0.15) is 28.8 Å². The molecule has 0 spiro atoms. The van der Waals surface area contributed by atoms with Crippen LogP contribution in [0, 0.1) is 0 Å². The predicted molar refractivity (Wildman–Crippen MR) is 94.6 cm³/mol. The minimum atomic E-state index is -0.597. The Morgan fingerprint density at radius 1 is 1.00 bits per heavy atom. The van der Waals surface area contributed by atoms with Crippen LogP contribution in [0.5, 0.6) is 0 Å². The summed E-state index contributed by atoms with van der Waals surface area (Å²) in [7, 11) is 1.34. The van der Waals surface area contributed by atoms with Gasteiger partial charge in [-0.2, -0.15) is 0 Å². The van der Waals surface area contributed by atoms with E-state index in [1.807, 2.05) is 30.3 Å². The molecule has 0 unspecified atom stereocenters. The summed E-state index contributed by atoms with van der Waals surface area (Å²) in [5.41, 5.74) is 1.51. The molecule has 1 saturated heterocycles. The van der Waals surface area contributed by atoms with Crippen molar-refractivity contribution in [3.05, 3.63) is 65.7 Å². The number of esters is 1. The Bertz CT molecular complexity index is 734. The third kappa shape index (κ3) is 3.56. The SMILES string of the molecule is COC(=O)c1ccc(NC(=O)C2(c3ccccc3)CCOCC2)cc1. The van der Waals surface area contributed by atoms with Crippen LogP contribution < -0.4 is 5.32 Å². The average Bonchev–Trinajstić information content (AvgIpc) is 2.69. The number of anilines is 1. The first-order valence-electron chi connectivity index (χ1n) is 8.29. The molecule has 0 saturated carbocycles. The molecule has 5 nitrogen and oxygen atoms in total. The maximum Gasteiger partial charge on any atom is 0.337 e. The van der Waals surface area contributed by atoms with Gasteiger partial charge in [-0.3, -0.25) is 4.79 Å². The second-order valence-electron chi connectivity index (χ2n) is 6.08. The van der Waals surface area contributed by atoms with Gasteiger partial charge in [0.1, 0.15) is 0 Å². The van der Waals surface area contributed by atoms with E-state index in [2.05, 4.69) is 10.1 Å². The second-order valence-corrected chi connectivity index (χ2v) is 6.08. The van der Waals surface area contributed by atoms with Crippen molar-refractivity contribution in [2.45, 2.75) is 18.3 Å². The second kappa shape index (κ2) is 7.49. The lowest BCUT2D eigenvalue weighted by Crippen LogP contribution is -2.44. The molecule has 1 heterocycles. The summed E-state index contributed by atoms with van der Waals surface area (Å²) >= 11 is 0. The van der Waals surface area contributed by atoms with Crippen molar-refractivity contribution < 1.29 is 19.1 Å². The molecule has 3 rings (SSSR count). The van der Waals surface area contributed by atoms with Crippen LogP contribution in [0.15, 0.2) is 54.6 Å². The molecular weight excluding hydrogens is 318 g/mol. The van der Waals surface area contributed by atoms with E-state index in [-0.39, 0.29) is 5.91 Å². The smallest absolute Gasteiger partial charge is 0.337 e. The zero-order valence-electron chi connectivity index (χ0n) is 14.2. The zero-order valence-corrected chi connectivity index (χ0v) is 14.2. The van der Waals surface area contributed by atoms with Gasteiger partial charge in [0, 0.05) is 18.9 Å². The molecule has 0 atom stereocenters. The van der Waals surface area contributed by atoms with E-state index in [4.69, 9.17) is 4.74 Å². The summed E-state index contributed by atoms with van der Waals surface area (Å²) in [6.07, 6.45) is 1.28. The highest BCUT2D eigenvalue weighted by molar-refractivity contribution is 5.99. The summed E-state index contributed by atoms with van der Waals surface area (Å²) in [6.45, 7) is 1.12. The van der Waals surface area contributed by atoms with Gasteiger partial charge in [-0.1, -0.05) is 30.3 Å². The molecule has 2 aromatic rings. The lowest BCUT2D eigenvalue weighted by molar-refractivity contribution is -0.125. The molecule has 0 aliphatic carbocycles. The van der Waals surface area contributed by atoms with E-state index in [1.165, 1.54) is 7.11 Å². The molecule has 0 radical (unpaired) electrons. The number of carbonyl (C=O) groups excluding carboxylic acids is 2. The lowest BCUT2D eigenvalue weighted by Gasteiger charge is -2.36. The molecule has 0 aromatic heterocycles. The molecule has 1 aliphatic rings. The molecule has 1 fully saturated rings. The van der Waals surface area contributed by atoms with Crippen molar-refractivity contribution in [3.8, 4) is 0 Å². The summed E-state index contributed by atoms with van der Waals surface area (Å²) in [6, 6.07) is 16.5. The van der Waals surface area contributed by atoms with Crippen molar-refractivity contribution in [2.75, 3.05) is 25.6 Å². The lowest BCUT2D eigenvalue weighted by atomic mass is 9.73. The van der Waals surface area contributed by atoms with Crippen LogP contribution >= 0.6 is 0 Å².